The number of sulfone groups is 1. The fourth-order valence-corrected chi connectivity index (χ4v) is 3.21. The van der Waals surface area contributed by atoms with Crippen molar-refractivity contribution in [3.05, 3.63) is 46.6 Å². The van der Waals surface area contributed by atoms with Crippen LogP contribution in [-0.2, 0) is 16.4 Å². The molecule has 1 unspecified atom stereocenters. The van der Waals surface area contributed by atoms with E-state index >= 15 is 0 Å². The number of nitrogens with two attached hydrogens (primary N) is 1. The molecule has 20 heavy (non-hydrogen) atoms. The molecule has 1 heterocycles. The second kappa shape index (κ2) is 5.59. The first-order valence-electron chi connectivity index (χ1n) is 5.82. The standard InChI is InChI=1S/C12H14FN3O3S/c13-9-2-1-8(11(5-9)12(14)16-17)6-15-10-3-4-20(18,19)7-10/h1-5,10,15,17H,6-7H2,(H2,14,16). The van der Waals surface area contributed by atoms with Gasteiger partial charge in [0.25, 0.3) is 0 Å². The van der Waals surface area contributed by atoms with Gasteiger partial charge in [0.05, 0.1) is 5.75 Å². The Hall–Kier alpha value is -1.93. The molecule has 8 heteroatoms. The lowest BCUT2D eigenvalue weighted by atomic mass is 10.1. The summed E-state index contributed by atoms with van der Waals surface area (Å²) in [5.74, 6) is -0.706. The van der Waals surface area contributed by atoms with Gasteiger partial charge in [0.1, 0.15) is 5.82 Å². The SMILES string of the molecule is NC(=NO)c1cc(F)ccc1CNC1C=CS(=O)(=O)C1. The summed E-state index contributed by atoms with van der Waals surface area (Å²) in [4.78, 5) is 0. The van der Waals surface area contributed by atoms with E-state index in [1.54, 1.807) is 6.08 Å². The van der Waals surface area contributed by atoms with Crippen molar-refractivity contribution in [2.75, 3.05) is 5.75 Å². The predicted molar refractivity (Wildman–Crippen MR) is 72.5 cm³/mol. The minimum absolute atomic E-state index is 0.00685. The van der Waals surface area contributed by atoms with E-state index in [0.29, 0.717) is 5.56 Å². The van der Waals surface area contributed by atoms with Gasteiger partial charge >= 0.3 is 0 Å². The van der Waals surface area contributed by atoms with Crippen LogP contribution in [0.1, 0.15) is 11.1 Å². The van der Waals surface area contributed by atoms with Gasteiger partial charge < -0.3 is 16.3 Å². The van der Waals surface area contributed by atoms with Gasteiger partial charge in [-0.2, -0.15) is 0 Å². The van der Waals surface area contributed by atoms with Crippen molar-refractivity contribution in [1.29, 1.82) is 0 Å². The molecule has 0 bridgehead atoms. The van der Waals surface area contributed by atoms with Crippen LogP contribution in [0.15, 0.2) is 34.8 Å². The molecule has 1 atom stereocenters. The van der Waals surface area contributed by atoms with Crippen LogP contribution in [0, 0.1) is 5.82 Å². The van der Waals surface area contributed by atoms with Crippen molar-refractivity contribution in [3.8, 4) is 0 Å². The van der Waals surface area contributed by atoms with E-state index in [1.807, 2.05) is 0 Å². The summed E-state index contributed by atoms with van der Waals surface area (Å²) >= 11 is 0. The molecule has 1 aliphatic rings. The highest BCUT2D eigenvalue weighted by Crippen LogP contribution is 2.13. The van der Waals surface area contributed by atoms with E-state index in [1.165, 1.54) is 17.5 Å². The van der Waals surface area contributed by atoms with E-state index in [0.717, 1.165) is 6.07 Å². The molecule has 1 aromatic carbocycles. The molecule has 0 aromatic heterocycles. The number of oxime groups is 1. The molecule has 108 valence electrons. The molecule has 0 saturated heterocycles. The first-order chi connectivity index (χ1) is 9.41. The maximum atomic E-state index is 13.2. The van der Waals surface area contributed by atoms with E-state index < -0.39 is 15.7 Å². The molecule has 0 spiro atoms. The number of nitrogens with one attached hydrogen (secondary N) is 1. The van der Waals surface area contributed by atoms with E-state index in [-0.39, 0.29) is 29.7 Å². The first-order valence-corrected chi connectivity index (χ1v) is 7.53. The maximum absolute atomic E-state index is 13.2. The smallest absolute Gasteiger partial charge is 0.173 e. The number of amidine groups is 1. The summed E-state index contributed by atoms with van der Waals surface area (Å²) in [5.41, 5.74) is 6.37. The van der Waals surface area contributed by atoms with E-state index in [2.05, 4.69) is 10.5 Å². The lowest BCUT2D eigenvalue weighted by Gasteiger charge is -2.13. The summed E-state index contributed by atoms with van der Waals surface area (Å²) in [6.07, 6.45) is 1.56. The highest BCUT2D eigenvalue weighted by molar-refractivity contribution is 7.94. The fraction of sp³-hybridized carbons (Fsp3) is 0.250. The summed E-state index contributed by atoms with van der Waals surface area (Å²) in [6.45, 7) is 0.274. The maximum Gasteiger partial charge on any atom is 0.173 e. The Bertz CT molecular complexity index is 671. The van der Waals surface area contributed by atoms with Crippen molar-refractivity contribution in [3.63, 3.8) is 0 Å². The number of hydrogen-bond acceptors (Lipinski definition) is 5. The fourth-order valence-electron chi connectivity index (χ4n) is 1.94. The summed E-state index contributed by atoms with van der Waals surface area (Å²) in [5, 5.41) is 15.7. The van der Waals surface area contributed by atoms with Crippen LogP contribution < -0.4 is 11.1 Å². The second-order valence-electron chi connectivity index (χ2n) is 4.43. The first kappa shape index (κ1) is 14.5. The van der Waals surface area contributed by atoms with E-state index in [4.69, 9.17) is 10.9 Å². The van der Waals surface area contributed by atoms with Crippen LogP contribution in [0.3, 0.4) is 0 Å². The Morgan fingerprint density at radius 2 is 2.30 bits per heavy atom. The molecular formula is C12H14FN3O3S. The Balaban J connectivity index is 2.12. The van der Waals surface area contributed by atoms with Crippen LogP contribution in [0.2, 0.25) is 0 Å². The third-order valence-electron chi connectivity index (χ3n) is 2.94. The highest BCUT2D eigenvalue weighted by Gasteiger charge is 2.21. The lowest BCUT2D eigenvalue weighted by Crippen LogP contribution is -2.30. The molecule has 0 saturated carbocycles. The van der Waals surface area contributed by atoms with Crippen LogP contribution in [-0.4, -0.2) is 31.3 Å². The summed E-state index contributed by atoms with van der Waals surface area (Å²) in [6, 6.07) is 3.62. The quantitative estimate of drug-likeness (QED) is 0.321. The lowest BCUT2D eigenvalue weighted by molar-refractivity contribution is 0.318. The zero-order chi connectivity index (χ0) is 14.8. The zero-order valence-corrected chi connectivity index (χ0v) is 11.3. The van der Waals surface area contributed by atoms with Gasteiger partial charge in [-0.25, -0.2) is 12.8 Å². The van der Waals surface area contributed by atoms with Crippen LogP contribution in [0.4, 0.5) is 4.39 Å². The molecule has 1 aromatic rings. The van der Waals surface area contributed by atoms with Crippen molar-refractivity contribution >= 4 is 15.7 Å². The van der Waals surface area contributed by atoms with Crippen LogP contribution in [0.25, 0.3) is 0 Å². The average Bonchev–Trinajstić information content (AvgIpc) is 2.76. The molecule has 0 amide bonds. The van der Waals surface area contributed by atoms with Crippen molar-refractivity contribution in [2.45, 2.75) is 12.6 Å². The third-order valence-corrected chi connectivity index (χ3v) is 4.34. The minimum atomic E-state index is -3.13. The molecule has 6 nitrogen and oxygen atoms in total. The molecule has 1 aliphatic heterocycles. The Morgan fingerprint density at radius 3 is 2.90 bits per heavy atom. The van der Waals surface area contributed by atoms with Gasteiger partial charge in [0, 0.05) is 23.6 Å². The van der Waals surface area contributed by atoms with Gasteiger partial charge in [-0.1, -0.05) is 17.3 Å². The highest BCUT2D eigenvalue weighted by atomic mass is 32.2. The number of rotatable bonds is 4. The average molecular weight is 299 g/mol. The van der Waals surface area contributed by atoms with Crippen molar-refractivity contribution < 1.29 is 18.0 Å². The molecule has 0 radical (unpaired) electrons. The predicted octanol–water partition coefficient (Wildman–Crippen LogP) is 0.321. The normalized spacial score (nSPS) is 21.2. The molecule has 0 fully saturated rings. The Morgan fingerprint density at radius 1 is 1.55 bits per heavy atom. The second-order valence-corrected chi connectivity index (χ2v) is 6.36. The largest absolute Gasteiger partial charge is 0.409 e. The van der Waals surface area contributed by atoms with Crippen molar-refractivity contribution in [1.82, 2.24) is 5.32 Å². The van der Waals surface area contributed by atoms with Crippen LogP contribution in [0.5, 0.6) is 0 Å². The Kier molecular flexibility index (Phi) is 4.05. The minimum Gasteiger partial charge on any atom is -0.409 e. The Labute approximate surface area is 115 Å². The topological polar surface area (TPSA) is 105 Å². The van der Waals surface area contributed by atoms with Gasteiger partial charge in [-0.05, 0) is 17.7 Å². The van der Waals surface area contributed by atoms with Gasteiger partial charge in [-0.3, -0.25) is 0 Å². The third kappa shape index (κ3) is 3.34. The number of halogens is 1. The van der Waals surface area contributed by atoms with Crippen molar-refractivity contribution in [2.24, 2.45) is 10.9 Å². The number of hydrogen-bond donors (Lipinski definition) is 3. The monoisotopic (exact) mass is 299 g/mol. The number of nitrogens with zero attached hydrogens (tertiary/aromatic N) is 1. The van der Waals surface area contributed by atoms with Gasteiger partial charge in [-0.15, -0.1) is 0 Å². The molecular weight excluding hydrogens is 285 g/mol. The number of benzene rings is 1. The van der Waals surface area contributed by atoms with E-state index in [9.17, 15) is 12.8 Å². The van der Waals surface area contributed by atoms with Gasteiger partial charge in [0.2, 0.25) is 0 Å². The zero-order valence-electron chi connectivity index (χ0n) is 10.5. The van der Waals surface area contributed by atoms with Gasteiger partial charge in [0.15, 0.2) is 15.7 Å². The van der Waals surface area contributed by atoms with Crippen LogP contribution >= 0.6 is 0 Å². The summed E-state index contributed by atoms with van der Waals surface area (Å²) < 4.78 is 35.7. The molecule has 4 N–H and O–H groups in total. The summed E-state index contributed by atoms with van der Waals surface area (Å²) in [7, 11) is -3.13. The molecule has 2 rings (SSSR count). The molecule has 0 aliphatic carbocycles.